The molecule has 27 heavy (non-hydrogen) atoms. The van der Waals surface area contributed by atoms with Gasteiger partial charge < -0.3 is 4.74 Å². The van der Waals surface area contributed by atoms with E-state index in [2.05, 4.69) is 48.5 Å². The van der Waals surface area contributed by atoms with Crippen molar-refractivity contribution in [3.05, 3.63) is 71.8 Å². The third kappa shape index (κ3) is 2.32. The molecule has 0 N–H and O–H groups in total. The number of hydrogen-bond acceptors (Lipinski definition) is 3. The molecule has 7 rings (SSSR count). The zero-order valence-electron chi connectivity index (χ0n) is 15.6. The van der Waals surface area contributed by atoms with Crippen molar-refractivity contribution in [1.82, 2.24) is 0 Å². The molecule has 0 radical (unpaired) electrons. The number of benzene rings is 2. The first-order chi connectivity index (χ1) is 13.3. The van der Waals surface area contributed by atoms with Crippen LogP contribution in [0.4, 0.5) is 0 Å². The molecule has 5 aliphatic rings. The lowest BCUT2D eigenvalue weighted by molar-refractivity contribution is -0.543. The van der Waals surface area contributed by atoms with E-state index < -0.39 is 11.4 Å². The highest BCUT2D eigenvalue weighted by atomic mass is 17.2. The maximum atomic E-state index is 6.72. The van der Waals surface area contributed by atoms with E-state index in [1.165, 1.54) is 32.1 Å². The highest BCUT2D eigenvalue weighted by Gasteiger charge is 2.63. The maximum absolute atomic E-state index is 6.72. The number of rotatable bonds is 2. The van der Waals surface area contributed by atoms with E-state index in [0.717, 1.165) is 23.0 Å². The molecule has 140 valence electrons. The summed E-state index contributed by atoms with van der Waals surface area (Å²) in [6.07, 6.45) is 6.36. The van der Waals surface area contributed by atoms with Crippen molar-refractivity contribution in [2.75, 3.05) is 6.61 Å². The van der Waals surface area contributed by atoms with Gasteiger partial charge in [0.25, 0.3) is 0 Å². The molecule has 1 aliphatic heterocycles. The predicted octanol–water partition coefficient (Wildman–Crippen LogP) is 5.06. The van der Waals surface area contributed by atoms with Gasteiger partial charge >= 0.3 is 0 Å². The summed E-state index contributed by atoms with van der Waals surface area (Å²) in [6.45, 7) is 0.503. The monoisotopic (exact) mass is 362 g/mol. The van der Waals surface area contributed by atoms with Gasteiger partial charge in [-0.1, -0.05) is 60.7 Å². The summed E-state index contributed by atoms with van der Waals surface area (Å²) in [4.78, 5) is 12.7. The van der Waals surface area contributed by atoms with Crippen molar-refractivity contribution in [3.8, 4) is 0 Å². The molecule has 0 atom stereocenters. The molecule has 0 amide bonds. The number of ether oxygens (including phenoxy) is 1. The van der Waals surface area contributed by atoms with E-state index in [0.29, 0.717) is 18.4 Å². The van der Waals surface area contributed by atoms with Gasteiger partial charge in [0.2, 0.25) is 5.79 Å². The Kier molecular flexibility index (Phi) is 3.56. The van der Waals surface area contributed by atoms with Gasteiger partial charge in [-0.05, 0) is 55.1 Å². The quantitative estimate of drug-likeness (QED) is 0.699. The Morgan fingerprint density at radius 3 is 1.59 bits per heavy atom. The van der Waals surface area contributed by atoms with Gasteiger partial charge in [-0.2, -0.15) is 4.89 Å². The Morgan fingerprint density at radius 2 is 1.15 bits per heavy atom. The zero-order chi connectivity index (χ0) is 17.9. The fraction of sp³-hybridized carbons (Fsp3) is 0.500. The Labute approximate surface area is 160 Å². The minimum absolute atomic E-state index is 0.485. The lowest BCUT2D eigenvalue weighted by Gasteiger charge is -2.61. The summed E-state index contributed by atoms with van der Waals surface area (Å²) in [5.41, 5.74) is 1.45. The first-order valence-electron chi connectivity index (χ1n) is 10.4. The lowest BCUT2D eigenvalue weighted by atomic mass is 9.53. The Bertz CT molecular complexity index is 737. The van der Waals surface area contributed by atoms with Crippen LogP contribution in [0.3, 0.4) is 0 Å². The van der Waals surface area contributed by atoms with Crippen LogP contribution in [-0.2, 0) is 20.1 Å². The van der Waals surface area contributed by atoms with Gasteiger partial charge in [-0.15, -0.1) is 0 Å². The molecule has 4 aliphatic carbocycles. The molecule has 4 saturated carbocycles. The molecule has 3 nitrogen and oxygen atoms in total. The molecule has 3 heteroatoms. The van der Waals surface area contributed by atoms with Gasteiger partial charge in [-0.3, -0.25) is 0 Å². The third-order valence-electron chi connectivity index (χ3n) is 7.57. The van der Waals surface area contributed by atoms with Gasteiger partial charge in [0.1, 0.15) is 0 Å². The van der Waals surface area contributed by atoms with Crippen molar-refractivity contribution in [1.29, 1.82) is 0 Å². The molecule has 0 aromatic heterocycles. The molecule has 5 fully saturated rings. The third-order valence-corrected chi connectivity index (χ3v) is 7.57. The first-order valence-corrected chi connectivity index (χ1v) is 10.4. The van der Waals surface area contributed by atoms with Crippen LogP contribution in [0.25, 0.3) is 0 Å². The standard InChI is InChI=1S/C24H26O3/c1-3-7-19(8-4-1)23(20-9-5-2-6-10-20)16-25-24(27-26-23)21-12-17-11-18(14-21)15-22(24)13-17/h1-10,17-18,21-22H,11-16H2. The van der Waals surface area contributed by atoms with Crippen LogP contribution in [0.2, 0.25) is 0 Å². The summed E-state index contributed by atoms with van der Waals surface area (Å²) in [6, 6.07) is 20.7. The summed E-state index contributed by atoms with van der Waals surface area (Å²) in [7, 11) is 0. The van der Waals surface area contributed by atoms with Gasteiger partial charge in [-0.25, -0.2) is 4.89 Å². The summed E-state index contributed by atoms with van der Waals surface area (Å²) in [5, 5.41) is 0. The molecule has 1 spiro atoms. The first kappa shape index (κ1) is 16.3. The zero-order valence-corrected chi connectivity index (χ0v) is 15.6. The average molecular weight is 362 g/mol. The fourth-order valence-corrected chi connectivity index (χ4v) is 6.46. The summed E-state index contributed by atoms with van der Waals surface area (Å²) < 4.78 is 6.72. The minimum Gasteiger partial charge on any atom is -0.343 e. The van der Waals surface area contributed by atoms with E-state index in [-0.39, 0.29) is 0 Å². The van der Waals surface area contributed by atoms with E-state index >= 15 is 0 Å². The van der Waals surface area contributed by atoms with Gasteiger partial charge in [0.05, 0.1) is 6.61 Å². The van der Waals surface area contributed by atoms with Crippen LogP contribution in [-0.4, -0.2) is 12.4 Å². The Hall–Kier alpha value is -1.68. The molecule has 4 bridgehead atoms. The maximum Gasteiger partial charge on any atom is 0.207 e. The van der Waals surface area contributed by atoms with Crippen molar-refractivity contribution >= 4 is 0 Å². The molecular weight excluding hydrogens is 336 g/mol. The molecule has 1 saturated heterocycles. The smallest absolute Gasteiger partial charge is 0.207 e. The summed E-state index contributed by atoms with van der Waals surface area (Å²) >= 11 is 0. The minimum atomic E-state index is -0.706. The number of hydrogen-bond donors (Lipinski definition) is 0. The normalized spacial score (nSPS) is 39.0. The highest BCUT2D eigenvalue weighted by Crippen LogP contribution is 2.61. The van der Waals surface area contributed by atoms with Gasteiger partial charge in [0.15, 0.2) is 5.60 Å². The SMILES string of the molecule is c1ccc(C2(c3ccccc3)COC3(OO2)C2CC4CC(C2)CC3C4)cc1. The van der Waals surface area contributed by atoms with E-state index in [1.807, 2.05) is 12.1 Å². The topological polar surface area (TPSA) is 27.7 Å². The predicted molar refractivity (Wildman–Crippen MR) is 102 cm³/mol. The van der Waals surface area contributed by atoms with Crippen LogP contribution < -0.4 is 0 Å². The second-order valence-electron chi connectivity index (χ2n) is 9.04. The van der Waals surface area contributed by atoms with E-state index in [1.54, 1.807) is 0 Å². The van der Waals surface area contributed by atoms with Crippen molar-refractivity contribution in [2.24, 2.45) is 23.7 Å². The van der Waals surface area contributed by atoms with Crippen LogP contribution in [0.5, 0.6) is 0 Å². The highest BCUT2D eigenvalue weighted by molar-refractivity contribution is 5.37. The second-order valence-corrected chi connectivity index (χ2v) is 9.04. The van der Waals surface area contributed by atoms with E-state index in [4.69, 9.17) is 14.5 Å². The molecule has 2 aromatic rings. The summed E-state index contributed by atoms with van der Waals surface area (Å²) in [5.74, 6) is 2.19. The average Bonchev–Trinajstić information content (AvgIpc) is 2.73. The van der Waals surface area contributed by atoms with Crippen LogP contribution >= 0.6 is 0 Å². The molecule has 0 unspecified atom stereocenters. The molecular formula is C24H26O3. The van der Waals surface area contributed by atoms with Gasteiger partial charge in [0, 0.05) is 11.8 Å². The van der Waals surface area contributed by atoms with Crippen LogP contribution in [0, 0.1) is 23.7 Å². The Morgan fingerprint density at radius 1 is 0.630 bits per heavy atom. The largest absolute Gasteiger partial charge is 0.343 e. The Balaban J connectivity index is 1.37. The van der Waals surface area contributed by atoms with Crippen LogP contribution in [0.15, 0.2) is 60.7 Å². The molecule has 1 heterocycles. The van der Waals surface area contributed by atoms with Crippen molar-refractivity contribution in [2.45, 2.75) is 43.5 Å². The second kappa shape index (κ2) is 5.91. The van der Waals surface area contributed by atoms with E-state index in [9.17, 15) is 0 Å². The van der Waals surface area contributed by atoms with Crippen molar-refractivity contribution in [3.63, 3.8) is 0 Å². The lowest BCUT2D eigenvalue weighted by Crippen LogP contribution is -2.64. The van der Waals surface area contributed by atoms with Crippen molar-refractivity contribution < 1.29 is 14.5 Å². The molecule has 2 aromatic carbocycles. The fourth-order valence-electron chi connectivity index (χ4n) is 6.46. The van der Waals surface area contributed by atoms with Crippen LogP contribution in [0.1, 0.15) is 43.2 Å².